The van der Waals surface area contributed by atoms with Crippen molar-refractivity contribution in [2.45, 2.75) is 82.9 Å². The van der Waals surface area contributed by atoms with E-state index in [1.165, 1.54) is 13.0 Å². The number of rotatable bonds is 1. The van der Waals surface area contributed by atoms with E-state index in [1.54, 1.807) is 13.8 Å². The SMILES string of the molecule is C=C[C@@]1(C)CC(=O)[C@]2(O)[C@@]3(C)C(=O)CCC(C)(C)[C@@H]3[C@H](O)[C@H](O)[C@@]2(C)O1. The summed E-state index contributed by atoms with van der Waals surface area (Å²) in [5.41, 5.74) is -7.27. The molecule has 0 radical (unpaired) electrons. The molecule has 6 nitrogen and oxygen atoms in total. The number of carbonyl (C=O) groups excluding carboxylic acids is 2. The van der Waals surface area contributed by atoms with E-state index >= 15 is 0 Å². The lowest BCUT2D eigenvalue weighted by atomic mass is 9.40. The molecule has 0 aromatic carbocycles. The smallest absolute Gasteiger partial charge is 0.171 e. The molecule has 0 aromatic heterocycles. The Balaban J connectivity index is 2.31. The van der Waals surface area contributed by atoms with Crippen molar-refractivity contribution in [1.82, 2.24) is 0 Å². The summed E-state index contributed by atoms with van der Waals surface area (Å²) < 4.78 is 6.05. The molecule has 1 heterocycles. The maximum absolute atomic E-state index is 13.3. The van der Waals surface area contributed by atoms with Crippen molar-refractivity contribution in [2.75, 3.05) is 0 Å². The summed E-state index contributed by atoms with van der Waals surface area (Å²) in [4.78, 5) is 26.4. The highest BCUT2D eigenvalue weighted by atomic mass is 16.6. The summed E-state index contributed by atoms with van der Waals surface area (Å²) in [5.74, 6) is -1.61. The molecule has 3 rings (SSSR count). The van der Waals surface area contributed by atoms with Crippen molar-refractivity contribution < 1.29 is 29.6 Å². The minimum atomic E-state index is -2.24. The number of fused-ring (bicyclic) bond motifs is 3. The van der Waals surface area contributed by atoms with E-state index in [9.17, 15) is 24.9 Å². The summed E-state index contributed by atoms with van der Waals surface area (Å²) in [6.07, 6.45) is -0.823. The first-order valence-corrected chi connectivity index (χ1v) is 9.20. The Kier molecular flexibility index (Phi) is 3.97. The van der Waals surface area contributed by atoms with Crippen molar-refractivity contribution >= 4 is 11.6 Å². The van der Waals surface area contributed by atoms with Crippen molar-refractivity contribution in [1.29, 1.82) is 0 Å². The summed E-state index contributed by atoms with van der Waals surface area (Å²) >= 11 is 0. The van der Waals surface area contributed by atoms with Gasteiger partial charge in [-0.25, -0.2) is 0 Å². The molecular formula is C20H30O6. The second kappa shape index (κ2) is 5.25. The lowest BCUT2D eigenvalue weighted by molar-refractivity contribution is -0.346. The first kappa shape index (κ1) is 19.7. The second-order valence-electron chi connectivity index (χ2n) is 9.56. The van der Waals surface area contributed by atoms with E-state index in [0.717, 1.165) is 0 Å². The largest absolute Gasteiger partial charge is 0.390 e. The number of ether oxygens (including phenoxy) is 1. The van der Waals surface area contributed by atoms with Gasteiger partial charge in [-0.05, 0) is 32.6 Å². The van der Waals surface area contributed by atoms with E-state index < -0.39 is 51.5 Å². The maximum atomic E-state index is 13.3. The molecule has 0 spiro atoms. The van der Waals surface area contributed by atoms with Crippen molar-refractivity contribution in [3.63, 3.8) is 0 Å². The highest BCUT2D eigenvalue weighted by Crippen LogP contribution is 2.65. The van der Waals surface area contributed by atoms with Crippen molar-refractivity contribution in [2.24, 2.45) is 16.7 Å². The fraction of sp³-hybridized carbons (Fsp3) is 0.800. The highest BCUT2D eigenvalue weighted by Gasteiger charge is 2.80. The van der Waals surface area contributed by atoms with Gasteiger partial charge in [-0.15, -0.1) is 6.58 Å². The van der Waals surface area contributed by atoms with Crippen molar-refractivity contribution in [3.05, 3.63) is 12.7 Å². The van der Waals surface area contributed by atoms with Gasteiger partial charge in [0.1, 0.15) is 17.5 Å². The monoisotopic (exact) mass is 366 g/mol. The lowest BCUT2D eigenvalue weighted by Crippen LogP contribution is -2.86. The average molecular weight is 366 g/mol. The Hall–Kier alpha value is -1.08. The Bertz CT molecular complexity index is 686. The van der Waals surface area contributed by atoms with E-state index in [-0.39, 0.29) is 18.6 Å². The van der Waals surface area contributed by atoms with Crippen LogP contribution < -0.4 is 0 Å². The van der Waals surface area contributed by atoms with Gasteiger partial charge in [-0.3, -0.25) is 9.59 Å². The van der Waals surface area contributed by atoms with Crippen LogP contribution in [0.25, 0.3) is 0 Å². The van der Waals surface area contributed by atoms with Crippen LogP contribution in [0.2, 0.25) is 0 Å². The van der Waals surface area contributed by atoms with Crippen LogP contribution in [0.1, 0.15) is 53.9 Å². The molecule has 6 heteroatoms. The van der Waals surface area contributed by atoms with E-state index in [4.69, 9.17) is 4.74 Å². The lowest BCUT2D eigenvalue weighted by Gasteiger charge is -2.69. The van der Waals surface area contributed by atoms with Gasteiger partial charge in [0, 0.05) is 18.8 Å². The molecular weight excluding hydrogens is 336 g/mol. The minimum Gasteiger partial charge on any atom is -0.390 e. The van der Waals surface area contributed by atoms with Crippen LogP contribution in [0.3, 0.4) is 0 Å². The number of carbonyl (C=O) groups is 2. The summed E-state index contributed by atoms with van der Waals surface area (Å²) in [6.45, 7) is 12.1. The summed E-state index contributed by atoms with van der Waals surface area (Å²) in [5, 5.41) is 33.8. The fourth-order valence-electron chi connectivity index (χ4n) is 6.06. The van der Waals surface area contributed by atoms with Gasteiger partial charge in [0.05, 0.1) is 17.1 Å². The van der Waals surface area contributed by atoms with Crippen LogP contribution in [-0.4, -0.2) is 55.9 Å². The van der Waals surface area contributed by atoms with Crippen LogP contribution in [0.15, 0.2) is 12.7 Å². The zero-order chi connectivity index (χ0) is 19.9. The predicted octanol–water partition coefficient (Wildman–Crippen LogP) is 1.16. The fourth-order valence-corrected chi connectivity index (χ4v) is 6.06. The van der Waals surface area contributed by atoms with E-state index in [2.05, 4.69) is 6.58 Å². The molecule has 0 bridgehead atoms. The zero-order valence-electron chi connectivity index (χ0n) is 16.2. The van der Waals surface area contributed by atoms with E-state index in [1.807, 2.05) is 13.8 Å². The molecule has 146 valence electrons. The normalized spacial score (nSPS) is 53.6. The third kappa shape index (κ3) is 1.96. The summed E-state index contributed by atoms with van der Waals surface area (Å²) in [7, 11) is 0. The Labute approximate surface area is 154 Å². The molecule has 3 N–H and O–H groups in total. The van der Waals surface area contributed by atoms with Crippen LogP contribution in [0.5, 0.6) is 0 Å². The van der Waals surface area contributed by atoms with Gasteiger partial charge in [0.15, 0.2) is 11.4 Å². The van der Waals surface area contributed by atoms with Gasteiger partial charge >= 0.3 is 0 Å². The standard InChI is InChI=1S/C20H30O6/c1-7-17(4)10-12(22)20(25)18(5)11(21)8-9-16(2,3)14(18)13(23)15(24)19(20,6)26-17/h7,13-15,23-25H,1,8-10H2,2-6H3/t13-,14-,15-,17-,18-,19+,20-/m0/s1. The van der Waals surface area contributed by atoms with Gasteiger partial charge < -0.3 is 20.1 Å². The topological polar surface area (TPSA) is 104 Å². The Morgan fingerprint density at radius 2 is 1.69 bits per heavy atom. The first-order valence-electron chi connectivity index (χ1n) is 9.20. The molecule has 0 aromatic rings. The zero-order valence-corrected chi connectivity index (χ0v) is 16.2. The average Bonchev–Trinajstić information content (AvgIpc) is 2.54. The number of hydrogen-bond acceptors (Lipinski definition) is 6. The Morgan fingerprint density at radius 1 is 1.12 bits per heavy atom. The molecule has 2 saturated carbocycles. The molecule has 0 amide bonds. The van der Waals surface area contributed by atoms with E-state index in [0.29, 0.717) is 6.42 Å². The molecule has 3 aliphatic rings. The van der Waals surface area contributed by atoms with Gasteiger partial charge in [0.25, 0.3) is 0 Å². The summed E-state index contributed by atoms with van der Waals surface area (Å²) in [6, 6.07) is 0. The number of hydrogen-bond donors (Lipinski definition) is 3. The van der Waals surface area contributed by atoms with Crippen molar-refractivity contribution in [3.8, 4) is 0 Å². The number of aliphatic hydroxyl groups is 3. The molecule has 26 heavy (non-hydrogen) atoms. The minimum absolute atomic E-state index is 0.151. The number of aliphatic hydroxyl groups excluding tert-OH is 2. The molecule has 2 aliphatic carbocycles. The van der Waals surface area contributed by atoms with Gasteiger partial charge in [0.2, 0.25) is 0 Å². The van der Waals surface area contributed by atoms with Crippen LogP contribution in [0, 0.1) is 16.7 Å². The second-order valence-corrected chi connectivity index (χ2v) is 9.56. The molecule has 1 saturated heterocycles. The third-order valence-electron chi connectivity index (χ3n) is 7.53. The third-order valence-corrected chi connectivity index (χ3v) is 7.53. The molecule has 7 atom stereocenters. The number of Topliss-reactive ketones (excluding diaryl/α,β-unsaturated/α-hetero) is 2. The van der Waals surface area contributed by atoms with Crippen LogP contribution in [-0.2, 0) is 14.3 Å². The number of ketones is 2. The predicted molar refractivity (Wildman–Crippen MR) is 94.3 cm³/mol. The van der Waals surface area contributed by atoms with Gasteiger partial charge in [-0.2, -0.15) is 0 Å². The molecule has 3 fully saturated rings. The quantitative estimate of drug-likeness (QED) is 0.602. The van der Waals surface area contributed by atoms with Crippen LogP contribution in [0.4, 0.5) is 0 Å². The highest BCUT2D eigenvalue weighted by molar-refractivity contribution is 6.00. The van der Waals surface area contributed by atoms with Gasteiger partial charge in [-0.1, -0.05) is 19.9 Å². The maximum Gasteiger partial charge on any atom is 0.171 e. The molecule has 0 unspecified atom stereocenters. The Morgan fingerprint density at radius 3 is 2.23 bits per heavy atom. The molecule has 1 aliphatic heterocycles. The van der Waals surface area contributed by atoms with Crippen LogP contribution >= 0.6 is 0 Å². The first-order chi connectivity index (χ1) is 11.7.